The van der Waals surface area contributed by atoms with Crippen molar-refractivity contribution in [1.82, 2.24) is 4.90 Å². The Hall–Kier alpha value is -1.06. The molecule has 18 heavy (non-hydrogen) atoms. The summed E-state index contributed by atoms with van der Waals surface area (Å²) in [6.45, 7) is 4.43. The summed E-state index contributed by atoms with van der Waals surface area (Å²) in [5.74, 6) is 0.0406. The fourth-order valence-corrected chi connectivity index (χ4v) is 2.65. The van der Waals surface area contributed by atoms with Gasteiger partial charge in [0.25, 0.3) is 0 Å². The average molecular weight is 268 g/mol. The molecular formula is C14H18ClNO2. The van der Waals surface area contributed by atoms with Crippen LogP contribution in [0, 0.1) is 0 Å². The number of carbonyl (C=O) groups excluding carboxylic acids is 1. The van der Waals surface area contributed by atoms with Gasteiger partial charge in [-0.2, -0.15) is 0 Å². The molecule has 0 saturated carbocycles. The van der Waals surface area contributed by atoms with Gasteiger partial charge >= 0.3 is 0 Å². The van der Waals surface area contributed by atoms with E-state index in [4.69, 9.17) is 11.6 Å². The molecule has 4 heteroatoms. The predicted molar refractivity (Wildman–Crippen MR) is 71.6 cm³/mol. The topological polar surface area (TPSA) is 40.5 Å². The minimum absolute atomic E-state index is 0.0406. The van der Waals surface area contributed by atoms with Gasteiger partial charge in [0, 0.05) is 11.6 Å². The number of nitrogens with zero attached hydrogens (tertiary/aromatic N) is 1. The number of hydrogen-bond donors (Lipinski definition) is 1. The van der Waals surface area contributed by atoms with Gasteiger partial charge in [0.05, 0.1) is 18.1 Å². The number of hydrogen-bond acceptors (Lipinski definition) is 2. The molecule has 2 rings (SSSR count). The van der Waals surface area contributed by atoms with Crippen LogP contribution in [0.3, 0.4) is 0 Å². The summed E-state index contributed by atoms with van der Waals surface area (Å²) in [6, 6.07) is 7.33. The van der Waals surface area contributed by atoms with Crippen LogP contribution >= 0.6 is 11.6 Å². The van der Waals surface area contributed by atoms with Gasteiger partial charge in [-0.05, 0) is 38.0 Å². The molecular weight excluding hydrogens is 250 g/mol. The Kier molecular flexibility index (Phi) is 3.64. The standard InChI is InChI=1S/C14H18ClNO2/c1-14(2)12(17)6-7-16(14)13(18)9-10-4-3-5-11(15)8-10/h3-5,8,12,17H,6-7,9H2,1-2H3. The maximum absolute atomic E-state index is 12.3. The molecule has 1 aromatic carbocycles. The molecule has 1 amide bonds. The molecule has 1 aliphatic heterocycles. The lowest BCUT2D eigenvalue weighted by molar-refractivity contribution is -0.135. The molecule has 1 aromatic rings. The highest BCUT2D eigenvalue weighted by Crippen LogP contribution is 2.29. The van der Waals surface area contributed by atoms with E-state index >= 15 is 0 Å². The highest BCUT2D eigenvalue weighted by atomic mass is 35.5. The third-order valence-electron chi connectivity index (χ3n) is 3.68. The summed E-state index contributed by atoms with van der Waals surface area (Å²) in [6.07, 6.45) is 0.533. The van der Waals surface area contributed by atoms with Crippen LogP contribution in [0.5, 0.6) is 0 Å². The maximum Gasteiger partial charge on any atom is 0.227 e. The third kappa shape index (κ3) is 2.52. The Labute approximate surface area is 112 Å². The van der Waals surface area contributed by atoms with Gasteiger partial charge in [0.15, 0.2) is 0 Å². The van der Waals surface area contributed by atoms with E-state index in [1.807, 2.05) is 26.0 Å². The summed E-state index contributed by atoms with van der Waals surface area (Å²) in [7, 11) is 0. The van der Waals surface area contributed by atoms with E-state index in [1.165, 1.54) is 0 Å². The van der Waals surface area contributed by atoms with Crippen LogP contribution in [0.25, 0.3) is 0 Å². The molecule has 0 bridgehead atoms. The van der Waals surface area contributed by atoms with E-state index in [1.54, 1.807) is 17.0 Å². The molecule has 1 fully saturated rings. The molecule has 1 saturated heterocycles. The molecule has 3 nitrogen and oxygen atoms in total. The lowest BCUT2D eigenvalue weighted by atomic mass is 9.98. The van der Waals surface area contributed by atoms with Crippen molar-refractivity contribution in [2.24, 2.45) is 0 Å². The van der Waals surface area contributed by atoms with Gasteiger partial charge in [0.2, 0.25) is 5.91 Å². The SMILES string of the molecule is CC1(C)C(O)CCN1C(=O)Cc1cccc(Cl)c1. The molecule has 0 radical (unpaired) electrons. The van der Waals surface area contributed by atoms with Gasteiger partial charge < -0.3 is 10.0 Å². The van der Waals surface area contributed by atoms with Crippen molar-refractivity contribution < 1.29 is 9.90 Å². The maximum atomic E-state index is 12.3. The zero-order chi connectivity index (χ0) is 13.3. The van der Waals surface area contributed by atoms with E-state index < -0.39 is 11.6 Å². The second kappa shape index (κ2) is 4.90. The fourth-order valence-electron chi connectivity index (χ4n) is 2.44. The van der Waals surface area contributed by atoms with E-state index in [0.717, 1.165) is 5.56 Å². The molecule has 1 unspecified atom stereocenters. The Morgan fingerprint density at radius 3 is 2.83 bits per heavy atom. The normalized spacial score (nSPS) is 22.2. The van der Waals surface area contributed by atoms with Crippen LogP contribution in [-0.4, -0.2) is 34.1 Å². The van der Waals surface area contributed by atoms with Gasteiger partial charge in [0.1, 0.15) is 0 Å². The molecule has 0 spiro atoms. The van der Waals surface area contributed by atoms with Gasteiger partial charge in [-0.25, -0.2) is 0 Å². The van der Waals surface area contributed by atoms with Crippen LogP contribution in [0.4, 0.5) is 0 Å². The molecule has 1 N–H and O–H groups in total. The van der Waals surface area contributed by atoms with Crippen molar-refractivity contribution in [3.8, 4) is 0 Å². The second-order valence-electron chi connectivity index (χ2n) is 5.31. The molecule has 98 valence electrons. The number of likely N-dealkylation sites (tertiary alicyclic amines) is 1. The number of carbonyl (C=O) groups is 1. The monoisotopic (exact) mass is 267 g/mol. The summed E-state index contributed by atoms with van der Waals surface area (Å²) < 4.78 is 0. The largest absolute Gasteiger partial charge is 0.391 e. The van der Waals surface area contributed by atoms with Crippen LogP contribution in [-0.2, 0) is 11.2 Å². The van der Waals surface area contributed by atoms with Crippen LogP contribution in [0.2, 0.25) is 5.02 Å². The number of benzene rings is 1. The average Bonchev–Trinajstić information content (AvgIpc) is 2.54. The predicted octanol–water partition coefficient (Wildman–Crippen LogP) is 2.25. The van der Waals surface area contributed by atoms with E-state index in [0.29, 0.717) is 24.4 Å². The first-order valence-corrected chi connectivity index (χ1v) is 6.52. The lowest BCUT2D eigenvalue weighted by Gasteiger charge is -2.33. The first-order valence-electron chi connectivity index (χ1n) is 6.14. The number of aliphatic hydroxyl groups excluding tert-OH is 1. The number of halogens is 1. The quantitative estimate of drug-likeness (QED) is 0.893. The molecule has 1 heterocycles. The Balaban J connectivity index is 2.09. The van der Waals surface area contributed by atoms with Crippen molar-refractivity contribution in [1.29, 1.82) is 0 Å². The number of rotatable bonds is 2. The summed E-state index contributed by atoms with van der Waals surface area (Å²) in [5, 5.41) is 10.5. The van der Waals surface area contributed by atoms with Gasteiger partial charge in [-0.15, -0.1) is 0 Å². The van der Waals surface area contributed by atoms with Crippen molar-refractivity contribution in [3.63, 3.8) is 0 Å². The Morgan fingerprint density at radius 2 is 2.28 bits per heavy atom. The smallest absolute Gasteiger partial charge is 0.227 e. The van der Waals surface area contributed by atoms with Gasteiger partial charge in [-0.1, -0.05) is 23.7 Å². The zero-order valence-corrected chi connectivity index (χ0v) is 11.4. The minimum atomic E-state index is -0.477. The summed E-state index contributed by atoms with van der Waals surface area (Å²) in [5.41, 5.74) is 0.431. The summed E-state index contributed by atoms with van der Waals surface area (Å²) in [4.78, 5) is 14.0. The van der Waals surface area contributed by atoms with E-state index in [2.05, 4.69) is 0 Å². The Bertz CT molecular complexity index is 459. The second-order valence-corrected chi connectivity index (χ2v) is 5.75. The molecule has 1 aliphatic rings. The van der Waals surface area contributed by atoms with Crippen molar-refractivity contribution >= 4 is 17.5 Å². The number of aliphatic hydroxyl groups is 1. The van der Waals surface area contributed by atoms with E-state index in [9.17, 15) is 9.90 Å². The Morgan fingerprint density at radius 1 is 1.56 bits per heavy atom. The van der Waals surface area contributed by atoms with Crippen molar-refractivity contribution in [2.75, 3.05) is 6.54 Å². The molecule has 0 aliphatic carbocycles. The zero-order valence-electron chi connectivity index (χ0n) is 10.7. The van der Waals surface area contributed by atoms with E-state index in [-0.39, 0.29) is 5.91 Å². The fraction of sp³-hybridized carbons (Fsp3) is 0.500. The number of amides is 1. The molecule has 0 aromatic heterocycles. The lowest BCUT2D eigenvalue weighted by Crippen LogP contribution is -2.48. The molecule has 1 atom stereocenters. The van der Waals surface area contributed by atoms with Crippen LogP contribution in [0.1, 0.15) is 25.8 Å². The van der Waals surface area contributed by atoms with Crippen molar-refractivity contribution in [3.05, 3.63) is 34.9 Å². The highest BCUT2D eigenvalue weighted by molar-refractivity contribution is 6.30. The first-order chi connectivity index (χ1) is 8.41. The summed E-state index contributed by atoms with van der Waals surface area (Å²) >= 11 is 5.90. The van der Waals surface area contributed by atoms with Crippen LogP contribution < -0.4 is 0 Å². The highest BCUT2D eigenvalue weighted by Gasteiger charge is 2.42. The first kappa shape index (κ1) is 13.4. The van der Waals surface area contributed by atoms with Crippen LogP contribution in [0.15, 0.2) is 24.3 Å². The van der Waals surface area contributed by atoms with Gasteiger partial charge in [-0.3, -0.25) is 4.79 Å². The minimum Gasteiger partial charge on any atom is -0.391 e. The van der Waals surface area contributed by atoms with Crippen molar-refractivity contribution in [2.45, 2.75) is 38.3 Å². The third-order valence-corrected chi connectivity index (χ3v) is 3.92.